The molecule has 0 fully saturated rings. The van der Waals surface area contributed by atoms with Gasteiger partial charge in [-0.25, -0.2) is 9.37 Å². The van der Waals surface area contributed by atoms with Crippen LogP contribution < -0.4 is 20.1 Å². The zero-order valence-electron chi connectivity index (χ0n) is 19.4. The molecule has 2 N–H and O–H groups in total. The van der Waals surface area contributed by atoms with E-state index in [1.165, 1.54) is 47.4 Å². The first kappa shape index (κ1) is 25.2. The number of carbonyl (C=O) groups excluding carboxylic acids is 2. The van der Waals surface area contributed by atoms with Crippen LogP contribution in [-0.2, 0) is 4.79 Å². The van der Waals surface area contributed by atoms with Crippen molar-refractivity contribution in [3.05, 3.63) is 83.5 Å². The molecule has 0 aliphatic carbocycles. The largest absolute Gasteiger partial charge is 0.493 e. The Hall–Kier alpha value is -3.89. The van der Waals surface area contributed by atoms with E-state index in [0.29, 0.717) is 27.9 Å². The maximum Gasteiger partial charge on any atom is 0.255 e. The highest BCUT2D eigenvalue weighted by molar-refractivity contribution is 8.00. The summed E-state index contributed by atoms with van der Waals surface area (Å²) in [6.07, 6.45) is 0. The smallest absolute Gasteiger partial charge is 0.255 e. The van der Waals surface area contributed by atoms with Gasteiger partial charge in [0.25, 0.3) is 5.91 Å². The van der Waals surface area contributed by atoms with Gasteiger partial charge in [-0.3, -0.25) is 9.59 Å². The van der Waals surface area contributed by atoms with Crippen LogP contribution in [0.1, 0.15) is 10.4 Å². The number of thioether (sulfide) groups is 1. The fourth-order valence-corrected chi connectivity index (χ4v) is 4.64. The molecule has 1 heterocycles. The number of amides is 2. The van der Waals surface area contributed by atoms with Crippen molar-refractivity contribution in [3.63, 3.8) is 0 Å². The molecular weight excluding hydrogens is 501 g/mol. The van der Waals surface area contributed by atoms with E-state index in [0.717, 1.165) is 16.2 Å². The van der Waals surface area contributed by atoms with E-state index in [2.05, 4.69) is 15.6 Å². The van der Waals surface area contributed by atoms with Crippen molar-refractivity contribution in [2.24, 2.45) is 0 Å². The Bertz CT molecular complexity index is 1360. The van der Waals surface area contributed by atoms with E-state index in [-0.39, 0.29) is 17.6 Å². The third kappa shape index (κ3) is 6.41. The zero-order valence-corrected chi connectivity index (χ0v) is 21.0. The second-order valence-electron chi connectivity index (χ2n) is 7.43. The van der Waals surface area contributed by atoms with Gasteiger partial charge in [0.2, 0.25) is 5.91 Å². The molecule has 0 atom stereocenters. The fraction of sp³-hybridized carbons (Fsp3) is 0.115. The Morgan fingerprint density at radius 3 is 2.36 bits per heavy atom. The van der Waals surface area contributed by atoms with Crippen molar-refractivity contribution in [1.29, 1.82) is 0 Å². The molecule has 0 unspecified atom stereocenters. The highest BCUT2D eigenvalue weighted by atomic mass is 32.2. The quantitative estimate of drug-likeness (QED) is 0.264. The molecule has 1 aromatic heterocycles. The summed E-state index contributed by atoms with van der Waals surface area (Å²) in [6, 6.07) is 18.0. The monoisotopic (exact) mass is 523 g/mol. The molecule has 3 aromatic carbocycles. The van der Waals surface area contributed by atoms with Gasteiger partial charge in [0.1, 0.15) is 5.82 Å². The van der Waals surface area contributed by atoms with Gasteiger partial charge in [-0.15, -0.1) is 23.1 Å². The van der Waals surface area contributed by atoms with Gasteiger partial charge >= 0.3 is 0 Å². The van der Waals surface area contributed by atoms with Crippen LogP contribution in [-0.4, -0.2) is 36.8 Å². The lowest BCUT2D eigenvalue weighted by atomic mass is 10.1. The minimum absolute atomic E-state index is 0.179. The van der Waals surface area contributed by atoms with Gasteiger partial charge in [-0.2, -0.15) is 0 Å². The highest BCUT2D eigenvalue weighted by Crippen LogP contribution is 2.33. The maximum atomic E-state index is 13.0. The molecule has 0 saturated carbocycles. The molecule has 0 aliphatic heterocycles. The molecule has 184 valence electrons. The van der Waals surface area contributed by atoms with E-state index in [9.17, 15) is 14.0 Å². The zero-order chi connectivity index (χ0) is 25.5. The van der Waals surface area contributed by atoms with Crippen molar-refractivity contribution in [1.82, 2.24) is 4.98 Å². The molecule has 0 radical (unpaired) electrons. The number of thiazole rings is 1. The summed E-state index contributed by atoms with van der Waals surface area (Å²) >= 11 is 2.70. The van der Waals surface area contributed by atoms with Crippen molar-refractivity contribution < 1.29 is 23.5 Å². The predicted molar refractivity (Wildman–Crippen MR) is 141 cm³/mol. The number of nitrogens with one attached hydrogen (secondary N) is 2. The number of ether oxygens (including phenoxy) is 2. The lowest BCUT2D eigenvalue weighted by Gasteiger charge is -2.08. The molecule has 4 aromatic rings. The van der Waals surface area contributed by atoms with E-state index < -0.39 is 5.82 Å². The van der Waals surface area contributed by atoms with Gasteiger partial charge in [0.15, 0.2) is 16.6 Å². The number of nitrogens with zero attached hydrogens (tertiary/aromatic N) is 1. The molecule has 0 saturated heterocycles. The average molecular weight is 524 g/mol. The number of carbonyl (C=O) groups is 2. The Kier molecular flexibility index (Phi) is 8.19. The average Bonchev–Trinajstić information content (AvgIpc) is 3.36. The lowest BCUT2D eigenvalue weighted by molar-refractivity contribution is -0.113. The normalized spacial score (nSPS) is 10.5. The second-order valence-corrected chi connectivity index (χ2v) is 9.34. The lowest BCUT2D eigenvalue weighted by Crippen LogP contribution is -2.13. The summed E-state index contributed by atoms with van der Waals surface area (Å²) in [7, 11) is 3.15. The van der Waals surface area contributed by atoms with Crippen LogP contribution in [0.3, 0.4) is 0 Å². The molecule has 4 rings (SSSR count). The van der Waals surface area contributed by atoms with Crippen molar-refractivity contribution >= 4 is 45.7 Å². The third-order valence-electron chi connectivity index (χ3n) is 5.02. The van der Waals surface area contributed by atoms with Gasteiger partial charge in [0.05, 0.1) is 25.7 Å². The minimum Gasteiger partial charge on any atom is -0.493 e. The summed E-state index contributed by atoms with van der Waals surface area (Å²) in [5, 5.41) is 7.95. The summed E-state index contributed by atoms with van der Waals surface area (Å²) in [4.78, 5) is 30.0. The number of methoxy groups -OCH3 is 2. The van der Waals surface area contributed by atoms with Crippen molar-refractivity contribution in [3.8, 4) is 22.8 Å². The summed E-state index contributed by atoms with van der Waals surface area (Å²) in [5.74, 6) is 0.529. The first-order chi connectivity index (χ1) is 17.4. The Morgan fingerprint density at radius 1 is 0.944 bits per heavy atom. The van der Waals surface area contributed by atoms with Gasteiger partial charge < -0.3 is 20.1 Å². The molecule has 36 heavy (non-hydrogen) atoms. The van der Waals surface area contributed by atoms with E-state index in [1.54, 1.807) is 26.4 Å². The second kappa shape index (κ2) is 11.7. The number of hydrogen-bond acceptors (Lipinski definition) is 7. The van der Waals surface area contributed by atoms with Crippen LogP contribution in [0.5, 0.6) is 11.5 Å². The van der Waals surface area contributed by atoms with Crippen molar-refractivity contribution in [2.45, 2.75) is 4.90 Å². The standard InChI is InChI=1S/C26H22FN3O4S2/c1-33-22-12-5-17(13-23(22)34-2)21-14-36-26(29-21)30-24(31)15-35-20-10-8-19(9-11-20)28-25(32)16-3-6-18(27)7-4-16/h3-14H,15H2,1-2H3,(H,28,32)(H,29,30,31). The molecule has 0 spiro atoms. The van der Waals surface area contributed by atoms with Crippen LogP contribution in [0.15, 0.2) is 77.0 Å². The maximum absolute atomic E-state index is 13.0. The predicted octanol–water partition coefficient (Wildman–Crippen LogP) is 5.95. The first-order valence-corrected chi connectivity index (χ1v) is 12.6. The van der Waals surface area contributed by atoms with Crippen LogP contribution >= 0.6 is 23.1 Å². The van der Waals surface area contributed by atoms with Crippen LogP contribution in [0, 0.1) is 5.82 Å². The fourth-order valence-electron chi connectivity index (χ4n) is 3.20. The third-order valence-corrected chi connectivity index (χ3v) is 6.79. The molecule has 2 amide bonds. The van der Waals surface area contributed by atoms with Crippen LogP contribution in [0.4, 0.5) is 15.2 Å². The van der Waals surface area contributed by atoms with Crippen molar-refractivity contribution in [2.75, 3.05) is 30.6 Å². The molecule has 10 heteroatoms. The van der Waals surface area contributed by atoms with Gasteiger partial charge in [0, 0.05) is 27.1 Å². The number of aromatic nitrogens is 1. The molecular formula is C26H22FN3O4S2. The highest BCUT2D eigenvalue weighted by Gasteiger charge is 2.12. The molecule has 0 aliphatic rings. The Morgan fingerprint density at radius 2 is 1.67 bits per heavy atom. The molecule has 0 bridgehead atoms. The van der Waals surface area contributed by atoms with E-state index in [4.69, 9.17) is 9.47 Å². The molecule has 7 nitrogen and oxygen atoms in total. The number of halogens is 1. The number of anilines is 2. The minimum atomic E-state index is -0.398. The summed E-state index contributed by atoms with van der Waals surface area (Å²) in [6.45, 7) is 0. The number of benzene rings is 3. The van der Waals surface area contributed by atoms with Crippen LogP contribution in [0.25, 0.3) is 11.3 Å². The Balaban J connectivity index is 1.28. The number of rotatable bonds is 9. The van der Waals surface area contributed by atoms with E-state index in [1.807, 2.05) is 35.7 Å². The SMILES string of the molecule is COc1ccc(-c2csc(NC(=O)CSc3ccc(NC(=O)c4ccc(F)cc4)cc3)n2)cc1OC. The summed E-state index contributed by atoms with van der Waals surface area (Å²) in [5.41, 5.74) is 2.54. The van der Waals surface area contributed by atoms with Crippen LogP contribution in [0.2, 0.25) is 0 Å². The van der Waals surface area contributed by atoms with Gasteiger partial charge in [-0.05, 0) is 66.7 Å². The van der Waals surface area contributed by atoms with Gasteiger partial charge in [-0.1, -0.05) is 0 Å². The van der Waals surface area contributed by atoms with E-state index >= 15 is 0 Å². The summed E-state index contributed by atoms with van der Waals surface area (Å²) < 4.78 is 23.6. The first-order valence-electron chi connectivity index (χ1n) is 10.7. The Labute approximate surface area is 215 Å². The number of hydrogen-bond donors (Lipinski definition) is 2. The topological polar surface area (TPSA) is 89.6 Å².